The molecule has 1 N–H and O–H groups in total. The lowest BCUT2D eigenvalue weighted by molar-refractivity contribution is -0.126. The van der Waals surface area contributed by atoms with Crippen LogP contribution in [0.5, 0.6) is 0 Å². The molecule has 0 heterocycles. The third kappa shape index (κ3) is 2.27. The molecule has 3 heteroatoms. The summed E-state index contributed by atoms with van der Waals surface area (Å²) in [6.45, 7) is 0. The lowest BCUT2D eigenvalue weighted by atomic mass is 9.54. The van der Waals surface area contributed by atoms with Crippen LogP contribution in [0.2, 0.25) is 0 Å². The highest BCUT2D eigenvalue weighted by Crippen LogP contribution is 2.57. The molecule has 0 aromatic carbocycles. The third-order valence-corrected chi connectivity index (χ3v) is 5.57. The number of nitrogens with one attached hydrogen (secondary N) is 1. The maximum absolute atomic E-state index is 12.2. The largest absolute Gasteiger partial charge is 0.443 e. The molecule has 4 fully saturated rings. The van der Waals surface area contributed by atoms with Crippen molar-refractivity contribution in [3.05, 3.63) is 23.9 Å². The van der Waals surface area contributed by atoms with Gasteiger partial charge in [0.15, 0.2) is 0 Å². The van der Waals surface area contributed by atoms with Crippen molar-refractivity contribution < 1.29 is 9.53 Å². The van der Waals surface area contributed by atoms with E-state index in [1.807, 2.05) is 12.2 Å². The van der Waals surface area contributed by atoms with Crippen molar-refractivity contribution >= 4 is 6.09 Å². The van der Waals surface area contributed by atoms with Gasteiger partial charge in [0, 0.05) is 5.70 Å². The van der Waals surface area contributed by atoms with Crippen LogP contribution in [0.25, 0.3) is 0 Å². The summed E-state index contributed by atoms with van der Waals surface area (Å²) in [6.07, 6.45) is 15.2. The van der Waals surface area contributed by atoms with E-state index < -0.39 is 0 Å². The summed E-state index contributed by atoms with van der Waals surface area (Å²) in [5.41, 5.74) is 0.853. The highest BCUT2D eigenvalue weighted by Gasteiger charge is 2.53. The summed E-state index contributed by atoms with van der Waals surface area (Å²) in [5, 5.41) is 2.94. The minimum Gasteiger partial charge on any atom is -0.443 e. The number of carbonyl (C=O) groups is 1. The molecule has 4 saturated carbocycles. The second-order valence-corrected chi connectivity index (χ2v) is 7.27. The number of carbonyl (C=O) groups excluding carboxylic acids is 1. The fourth-order valence-electron chi connectivity index (χ4n) is 5.22. The van der Waals surface area contributed by atoms with Crippen LogP contribution in [0.3, 0.4) is 0 Å². The van der Waals surface area contributed by atoms with Crippen LogP contribution in [-0.4, -0.2) is 11.7 Å². The van der Waals surface area contributed by atoms with E-state index in [1.54, 1.807) is 0 Å². The summed E-state index contributed by atoms with van der Waals surface area (Å²) in [6, 6.07) is 0. The van der Waals surface area contributed by atoms with Gasteiger partial charge in [-0.1, -0.05) is 12.2 Å². The Hall–Kier alpha value is -1.25. The fraction of sp³-hybridized carbons (Fsp3) is 0.706. The lowest BCUT2D eigenvalue weighted by Crippen LogP contribution is -2.53. The van der Waals surface area contributed by atoms with Crippen LogP contribution in [0, 0.1) is 17.8 Å². The van der Waals surface area contributed by atoms with E-state index in [-0.39, 0.29) is 11.7 Å². The summed E-state index contributed by atoms with van der Waals surface area (Å²) in [7, 11) is 0. The second-order valence-electron chi connectivity index (χ2n) is 7.27. The standard InChI is InChI=1S/C17H23NO2/c19-16(18-15-4-2-1-3-5-15)20-17-9-12-6-13(10-17)8-14(7-12)11-17/h1-2,4,12-14H,3,5-11H2,(H,18,19). The van der Waals surface area contributed by atoms with Crippen LogP contribution >= 0.6 is 0 Å². The first-order valence-electron chi connectivity index (χ1n) is 8.06. The number of ether oxygens (including phenoxy) is 1. The molecule has 5 aliphatic carbocycles. The molecular formula is C17H23NO2. The number of amides is 1. The van der Waals surface area contributed by atoms with E-state index in [4.69, 9.17) is 4.74 Å². The van der Waals surface area contributed by atoms with Gasteiger partial charge in [0.2, 0.25) is 0 Å². The SMILES string of the molecule is O=C(NC1=CC=CCC1)OC12CC3CC(CC(C3)C1)C2. The van der Waals surface area contributed by atoms with E-state index in [1.165, 1.54) is 19.3 Å². The van der Waals surface area contributed by atoms with Crippen LogP contribution in [-0.2, 0) is 4.74 Å². The molecule has 0 aliphatic heterocycles. The highest BCUT2D eigenvalue weighted by atomic mass is 16.6. The summed E-state index contributed by atoms with van der Waals surface area (Å²) in [5.74, 6) is 2.43. The van der Waals surface area contributed by atoms with Crippen molar-refractivity contribution in [1.29, 1.82) is 0 Å². The van der Waals surface area contributed by atoms with Crippen molar-refractivity contribution in [2.24, 2.45) is 17.8 Å². The van der Waals surface area contributed by atoms with Gasteiger partial charge in [0.1, 0.15) is 5.60 Å². The van der Waals surface area contributed by atoms with Gasteiger partial charge in [-0.15, -0.1) is 0 Å². The Bertz CT molecular complexity index is 442. The molecule has 5 aliphatic rings. The second kappa shape index (κ2) is 4.64. The maximum Gasteiger partial charge on any atom is 0.411 e. The van der Waals surface area contributed by atoms with E-state index in [0.717, 1.165) is 55.6 Å². The Morgan fingerprint density at radius 3 is 2.35 bits per heavy atom. The number of allylic oxidation sites excluding steroid dienone is 4. The van der Waals surface area contributed by atoms with Crippen LogP contribution < -0.4 is 5.32 Å². The highest BCUT2D eigenvalue weighted by molar-refractivity contribution is 5.70. The zero-order valence-corrected chi connectivity index (χ0v) is 11.9. The van der Waals surface area contributed by atoms with Crippen molar-refractivity contribution in [2.75, 3.05) is 0 Å². The van der Waals surface area contributed by atoms with Gasteiger partial charge in [-0.25, -0.2) is 4.79 Å². The van der Waals surface area contributed by atoms with Crippen molar-refractivity contribution in [3.63, 3.8) is 0 Å². The van der Waals surface area contributed by atoms with Crippen molar-refractivity contribution in [3.8, 4) is 0 Å². The number of hydrogen-bond donors (Lipinski definition) is 1. The predicted octanol–water partition coefficient (Wildman–Crippen LogP) is 3.92. The molecular weight excluding hydrogens is 250 g/mol. The first kappa shape index (κ1) is 12.5. The van der Waals surface area contributed by atoms with E-state index in [9.17, 15) is 4.79 Å². The third-order valence-electron chi connectivity index (χ3n) is 5.57. The molecule has 0 unspecified atom stereocenters. The number of rotatable bonds is 2. The molecule has 0 saturated heterocycles. The molecule has 1 amide bonds. The van der Waals surface area contributed by atoms with Crippen molar-refractivity contribution in [1.82, 2.24) is 5.32 Å². The van der Waals surface area contributed by atoms with Crippen LogP contribution in [0.4, 0.5) is 4.79 Å². The van der Waals surface area contributed by atoms with Gasteiger partial charge in [0.05, 0.1) is 0 Å². The zero-order chi connectivity index (χ0) is 13.6. The first-order valence-corrected chi connectivity index (χ1v) is 8.06. The number of alkyl carbamates (subject to hydrolysis) is 1. The molecule has 3 nitrogen and oxygen atoms in total. The first-order chi connectivity index (χ1) is 9.71. The minimum absolute atomic E-state index is 0.135. The summed E-state index contributed by atoms with van der Waals surface area (Å²) in [4.78, 5) is 12.2. The quantitative estimate of drug-likeness (QED) is 0.828. The van der Waals surface area contributed by atoms with Gasteiger partial charge in [-0.05, 0) is 75.2 Å². The fourth-order valence-corrected chi connectivity index (χ4v) is 5.22. The molecule has 108 valence electrons. The smallest absolute Gasteiger partial charge is 0.411 e. The van der Waals surface area contributed by atoms with Gasteiger partial charge >= 0.3 is 6.09 Å². The predicted molar refractivity (Wildman–Crippen MR) is 77.0 cm³/mol. The lowest BCUT2D eigenvalue weighted by Gasteiger charge is -2.55. The van der Waals surface area contributed by atoms with E-state index in [2.05, 4.69) is 11.4 Å². The molecule has 5 rings (SSSR count). The van der Waals surface area contributed by atoms with Gasteiger partial charge in [-0.3, -0.25) is 5.32 Å². The van der Waals surface area contributed by atoms with Crippen LogP contribution in [0.1, 0.15) is 51.4 Å². The maximum atomic E-state index is 12.2. The Balaban J connectivity index is 1.42. The summed E-state index contributed by atoms with van der Waals surface area (Å²) < 4.78 is 5.94. The molecule has 20 heavy (non-hydrogen) atoms. The molecule has 0 atom stereocenters. The zero-order valence-electron chi connectivity index (χ0n) is 11.9. The molecule has 0 aromatic rings. The van der Waals surface area contributed by atoms with E-state index >= 15 is 0 Å². The van der Waals surface area contributed by atoms with Gasteiger partial charge in [-0.2, -0.15) is 0 Å². The normalized spacial score (nSPS) is 41.4. The molecule has 4 bridgehead atoms. The summed E-state index contributed by atoms with van der Waals surface area (Å²) >= 11 is 0. The molecule has 0 radical (unpaired) electrons. The minimum atomic E-state index is -0.228. The monoisotopic (exact) mass is 273 g/mol. The Kier molecular flexibility index (Phi) is 2.90. The molecule has 0 aromatic heterocycles. The average molecular weight is 273 g/mol. The van der Waals surface area contributed by atoms with Crippen LogP contribution in [0.15, 0.2) is 23.9 Å². The number of hydrogen-bond acceptors (Lipinski definition) is 2. The van der Waals surface area contributed by atoms with Gasteiger partial charge < -0.3 is 4.74 Å². The Morgan fingerprint density at radius 2 is 1.80 bits per heavy atom. The van der Waals surface area contributed by atoms with Gasteiger partial charge in [0.25, 0.3) is 0 Å². The topological polar surface area (TPSA) is 38.3 Å². The van der Waals surface area contributed by atoms with E-state index in [0.29, 0.717) is 0 Å². The van der Waals surface area contributed by atoms with Crippen molar-refractivity contribution in [2.45, 2.75) is 57.0 Å². The average Bonchev–Trinajstić information content (AvgIpc) is 2.37. The Morgan fingerprint density at radius 1 is 1.15 bits per heavy atom. The molecule has 0 spiro atoms. The Labute approximate surface area is 120 Å².